The van der Waals surface area contributed by atoms with Crippen molar-refractivity contribution in [2.24, 2.45) is 5.92 Å². The van der Waals surface area contributed by atoms with Crippen LogP contribution in [0.5, 0.6) is 0 Å². The Bertz CT molecular complexity index is 344. The summed E-state index contributed by atoms with van der Waals surface area (Å²) >= 11 is 0. The molecule has 0 unspecified atom stereocenters. The van der Waals surface area contributed by atoms with E-state index in [4.69, 9.17) is 23.6 Å². The molecular weight excluding hydrogens is 307 g/mol. The van der Waals surface area contributed by atoms with Crippen LogP contribution in [-0.4, -0.2) is 44.4 Å². The van der Waals surface area contributed by atoms with Crippen LogP contribution in [0.1, 0.15) is 39.5 Å². The molecule has 2 atom stereocenters. The second-order valence-electron chi connectivity index (χ2n) is 5.12. The van der Waals surface area contributed by atoms with Crippen LogP contribution >= 0.6 is 7.60 Å². The second-order valence-corrected chi connectivity index (χ2v) is 7.01. The van der Waals surface area contributed by atoms with Crippen molar-refractivity contribution in [2.45, 2.75) is 45.8 Å². The van der Waals surface area contributed by atoms with Gasteiger partial charge < -0.3 is 23.6 Å². The van der Waals surface area contributed by atoms with Gasteiger partial charge in [-0.05, 0) is 39.5 Å². The average molecular weight is 336 g/mol. The summed E-state index contributed by atoms with van der Waals surface area (Å²) in [5, 5.41) is 9.16. The van der Waals surface area contributed by atoms with Crippen LogP contribution in [0, 0.1) is 5.92 Å². The van der Waals surface area contributed by atoms with E-state index in [1.165, 1.54) is 5.82 Å². The van der Waals surface area contributed by atoms with Gasteiger partial charge in [0.05, 0.1) is 19.8 Å². The van der Waals surface area contributed by atoms with E-state index in [0.29, 0.717) is 26.2 Å². The molecule has 0 aliphatic carbocycles. The Balaban J connectivity index is 2.52. The van der Waals surface area contributed by atoms with E-state index in [2.05, 4.69) is 0 Å². The summed E-state index contributed by atoms with van der Waals surface area (Å²) in [5.41, 5.74) is 0. The number of aliphatic hydroxyl groups is 1. The van der Waals surface area contributed by atoms with Crippen molar-refractivity contribution < 1.29 is 28.2 Å². The standard InChI is InChI=1S/C15H29O6P/c1-3-20-22(17,21-4-2)12-9-14(8-10-16)13-19-15-7-5-6-11-18-15/h9,12,14-16H,3-8,10-11,13H2,1-2H3/t14-,15+/m1/s1. The Hall–Kier alpha value is -0.230. The van der Waals surface area contributed by atoms with E-state index in [1.54, 1.807) is 19.9 Å². The maximum Gasteiger partial charge on any atom is 0.353 e. The summed E-state index contributed by atoms with van der Waals surface area (Å²) in [6.45, 7) is 5.37. The largest absolute Gasteiger partial charge is 0.396 e. The van der Waals surface area contributed by atoms with Crippen molar-refractivity contribution >= 4 is 7.60 Å². The minimum atomic E-state index is -3.20. The molecule has 0 aromatic carbocycles. The molecule has 7 heteroatoms. The summed E-state index contributed by atoms with van der Waals surface area (Å²) in [4.78, 5) is 0. The van der Waals surface area contributed by atoms with Gasteiger partial charge in [0.1, 0.15) is 0 Å². The molecule has 1 fully saturated rings. The molecule has 1 heterocycles. The number of hydrogen-bond donors (Lipinski definition) is 1. The van der Waals surface area contributed by atoms with Crippen molar-refractivity contribution in [3.8, 4) is 0 Å². The lowest BCUT2D eigenvalue weighted by atomic mass is 10.1. The summed E-state index contributed by atoms with van der Waals surface area (Å²) in [6, 6.07) is 0. The van der Waals surface area contributed by atoms with Gasteiger partial charge in [-0.15, -0.1) is 0 Å². The van der Waals surface area contributed by atoms with Crippen molar-refractivity contribution in [3.63, 3.8) is 0 Å². The van der Waals surface area contributed by atoms with Crippen LogP contribution in [0.3, 0.4) is 0 Å². The highest BCUT2D eigenvalue weighted by molar-refractivity contribution is 7.57. The molecule has 1 N–H and O–H groups in total. The Morgan fingerprint density at radius 3 is 2.59 bits per heavy atom. The van der Waals surface area contributed by atoms with Gasteiger partial charge in [-0.25, -0.2) is 0 Å². The molecule has 0 bridgehead atoms. The summed E-state index contributed by atoms with van der Waals surface area (Å²) in [7, 11) is -3.20. The third-order valence-electron chi connectivity index (χ3n) is 3.29. The predicted octanol–water partition coefficient (Wildman–Crippen LogP) is 3.31. The highest BCUT2D eigenvalue weighted by atomic mass is 31.2. The molecule has 1 saturated heterocycles. The summed E-state index contributed by atoms with van der Waals surface area (Å²) in [6.07, 6.45) is 5.19. The fourth-order valence-electron chi connectivity index (χ4n) is 2.18. The van der Waals surface area contributed by atoms with Crippen LogP contribution in [0.15, 0.2) is 11.9 Å². The first-order valence-electron chi connectivity index (χ1n) is 8.05. The highest BCUT2D eigenvalue weighted by Crippen LogP contribution is 2.49. The molecule has 0 aromatic heterocycles. The zero-order chi connectivity index (χ0) is 16.3. The number of aliphatic hydroxyl groups excluding tert-OH is 1. The zero-order valence-electron chi connectivity index (χ0n) is 13.6. The van der Waals surface area contributed by atoms with Gasteiger partial charge in [0.15, 0.2) is 6.29 Å². The van der Waals surface area contributed by atoms with Gasteiger partial charge in [-0.3, -0.25) is 4.57 Å². The lowest BCUT2D eigenvalue weighted by Gasteiger charge is -2.24. The molecular formula is C15H29O6P. The van der Waals surface area contributed by atoms with Gasteiger partial charge in [0, 0.05) is 24.9 Å². The molecule has 0 amide bonds. The molecule has 1 aliphatic heterocycles. The maximum atomic E-state index is 12.4. The Labute approximate surface area is 133 Å². The molecule has 0 saturated carbocycles. The van der Waals surface area contributed by atoms with Gasteiger partial charge in [-0.1, -0.05) is 6.08 Å². The summed E-state index contributed by atoms with van der Waals surface area (Å²) < 4.78 is 34.0. The summed E-state index contributed by atoms with van der Waals surface area (Å²) in [5.74, 6) is 1.43. The molecule has 6 nitrogen and oxygen atoms in total. The van der Waals surface area contributed by atoms with E-state index in [-0.39, 0.29) is 18.8 Å². The van der Waals surface area contributed by atoms with Crippen molar-refractivity contribution in [1.29, 1.82) is 0 Å². The van der Waals surface area contributed by atoms with Crippen molar-refractivity contribution in [2.75, 3.05) is 33.0 Å². The van der Waals surface area contributed by atoms with Gasteiger partial charge >= 0.3 is 7.60 Å². The number of ether oxygens (including phenoxy) is 2. The average Bonchev–Trinajstić information content (AvgIpc) is 2.52. The van der Waals surface area contributed by atoms with Gasteiger partial charge in [-0.2, -0.15) is 0 Å². The predicted molar refractivity (Wildman–Crippen MR) is 84.7 cm³/mol. The lowest BCUT2D eigenvalue weighted by molar-refractivity contribution is -0.167. The number of hydrogen-bond acceptors (Lipinski definition) is 6. The zero-order valence-corrected chi connectivity index (χ0v) is 14.5. The van der Waals surface area contributed by atoms with Crippen LogP contribution in [-0.2, 0) is 23.1 Å². The van der Waals surface area contributed by atoms with E-state index >= 15 is 0 Å². The quantitative estimate of drug-likeness (QED) is 0.584. The fraction of sp³-hybridized carbons (Fsp3) is 0.867. The van der Waals surface area contributed by atoms with Gasteiger partial charge in [0.2, 0.25) is 0 Å². The van der Waals surface area contributed by atoms with Gasteiger partial charge in [0.25, 0.3) is 0 Å². The number of rotatable bonds is 11. The smallest absolute Gasteiger partial charge is 0.353 e. The molecule has 0 radical (unpaired) electrons. The first-order chi connectivity index (χ1) is 10.6. The molecule has 0 spiro atoms. The van der Waals surface area contributed by atoms with Crippen molar-refractivity contribution in [3.05, 3.63) is 11.9 Å². The van der Waals surface area contributed by atoms with Crippen LogP contribution < -0.4 is 0 Å². The molecule has 130 valence electrons. The Morgan fingerprint density at radius 2 is 2.05 bits per heavy atom. The molecule has 1 rings (SSSR count). The molecule has 1 aliphatic rings. The maximum absolute atomic E-state index is 12.4. The van der Waals surface area contributed by atoms with Crippen LogP contribution in [0.4, 0.5) is 0 Å². The SMILES string of the molecule is CCOP(=O)(C=C[C@@H](CCO)CO[C@H]1CCCCO1)OCC. The third-order valence-corrected chi connectivity index (χ3v) is 5.07. The fourth-order valence-corrected chi connectivity index (χ4v) is 3.61. The lowest BCUT2D eigenvalue weighted by Crippen LogP contribution is -2.25. The minimum absolute atomic E-state index is 0.0391. The van der Waals surface area contributed by atoms with E-state index in [1.807, 2.05) is 0 Å². The Kier molecular flexibility index (Phi) is 10.2. The first kappa shape index (κ1) is 19.8. The topological polar surface area (TPSA) is 74.2 Å². The van der Waals surface area contributed by atoms with E-state index < -0.39 is 7.60 Å². The second kappa shape index (κ2) is 11.3. The highest BCUT2D eigenvalue weighted by Gasteiger charge is 2.21. The third kappa shape index (κ3) is 7.86. The monoisotopic (exact) mass is 336 g/mol. The normalized spacial score (nSPS) is 21.3. The van der Waals surface area contributed by atoms with E-state index in [0.717, 1.165) is 25.9 Å². The van der Waals surface area contributed by atoms with Crippen LogP contribution in [0.25, 0.3) is 0 Å². The van der Waals surface area contributed by atoms with Crippen molar-refractivity contribution in [1.82, 2.24) is 0 Å². The minimum Gasteiger partial charge on any atom is -0.396 e. The Morgan fingerprint density at radius 1 is 1.32 bits per heavy atom. The van der Waals surface area contributed by atoms with E-state index in [9.17, 15) is 4.57 Å². The first-order valence-corrected chi connectivity index (χ1v) is 9.67. The molecule has 22 heavy (non-hydrogen) atoms. The molecule has 0 aromatic rings. The van der Waals surface area contributed by atoms with Crippen LogP contribution in [0.2, 0.25) is 0 Å².